The van der Waals surface area contributed by atoms with Crippen molar-refractivity contribution in [3.05, 3.63) is 60.4 Å². The molecule has 1 heterocycles. The van der Waals surface area contributed by atoms with Gasteiger partial charge in [-0.15, -0.1) is 0 Å². The second-order valence-electron chi connectivity index (χ2n) is 8.64. The number of fused-ring (bicyclic) bond motifs is 2. The topological polar surface area (TPSA) is 85.4 Å². The van der Waals surface area contributed by atoms with Gasteiger partial charge in [-0.1, -0.05) is 18.7 Å². The van der Waals surface area contributed by atoms with E-state index < -0.39 is 0 Å². The molecule has 0 saturated heterocycles. The van der Waals surface area contributed by atoms with Gasteiger partial charge >= 0.3 is 0 Å². The molecule has 170 valence electrons. The Labute approximate surface area is 193 Å². The molecule has 7 nitrogen and oxygen atoms in total. The molecule has 0 radical (unpaired) electrons. The summed E-state index contributed by atoms with van der Waals surface area (Å²) in [6.45, 7) is 3.49. The van der Waals surface area contributed by atoms with E-state index in [1.807, 2.05) is 12.1 Å². The quantitative estimate of drug-likeness (QED) is 0.523. The van der Waals surface area contributed by atoms with Crippen molar-refractivity contribution in [3.63, 3.8) is 0 Å². The van der Waals surface area contributed by atoms with Gasteiger partial charge in [-0.25, -0.2) is 9.97 Å². The molecule has 1 amide bonds. The molecule has 2 N–H and O–H groups in total. The Morgan fingerprint density at radius 3 is 2.82 bits per heavy atom. The Morgan fingerprint density at radius 2 is 2.00 bits per heavy atom. The van der Waals surface area contributed by atoms with E-state index in [4.69, 9.17) is 9.47 Å². The third-order valence-corrected chi connectivity index (χ3v) is 6.49. The number of rotatable bonds is 7. The van der Waals surface area contributed by atoms with Gasteiger partial charge in [0.25, 0.3) is 0 Å². The average Bonchev–Trinajstić information content (AvgIpc) is 2.82. The summed E-state index contributed by atoms with van der Waals surface area (Å²) in [5.74, 6) is 1.87. The molecule has 3 aromatic rings. The maximum absolute atomic E-state index is 11.5. The number of amides is 1. The summed E-state index contributed by atoms with van der Waals surface area (Å²) >= 11 is 0. The fraction of sp³-hybridized carbons (Fsp3) is 0.346. The van der Waals surface area contributed by atoms with Crippen LogP contribution in [0, 0.1) is 0 Å². The van der Waals surface area contributed by atoms with Crippen molar-refractivity contribution in [2.75, 3.05) is 12.4 Å². The van der Waals surface area contributed by atoms with E-state index in [1.54, 1.807) is 13.4 Å². The maximum atomic E-state index is 11.5. The van der Waals surface area contributed by atoms with Crippen LogP contribution >= 0.6 is 0 Å². The van der Waals surface area contributed by atoms with E-state index in [2.05, 4.69) is 45.4 Å². The minimum atomic E-state index is -0.155. The fourth-order valence-corrected chi connectivity index (χ4v) is 4.66. The summed E-state index contributed by atoms with van der Waals surface area (Å²) in [7, 11) is 1.62. The summed E-state index contributed by atoms with van der Waals surface area (Å²) in [5, 5.41) is 7.33. The minimum absolute atomic E-state index is 0.00801. The SMILES string of the molecule is C=CC(=O)NC1CC(Oc2cc3c(Nc4cccc5c4CCCC5)ncnc3cc2OC)C1. The van der Waals surface area contributed by atoms with Crippen molar-refractivity contribution in [2.45, 2.75) is 50.7 Å². The standard InChI is InChI=1S/C26H28N4O3/c1-3-25(31)29-17-11-18(12-17)33-24-13-20-22(14-23(24)32-2)27-15-28-26(20)30-21-10-6-8-16-7-4-5-9-19(16)21/h3,6,8,10,13-15,17-18H,1,4-5,7,9,11-12H2,2H3,(H,29,31)(H,27,28,30). The van der Waals surface area contributed by atoms with E-state index in [1.165, 1.54) is 30.0 Å². The second-order valence-corrected chi connectivity index (χ2v) is 8.64. The monoisotopic (exact) mass is 444 g/mol. The van der Waals surface area contributed by atoms with Crippen LogP contribution in [0.5, 0.6) is 11.5 Å². The molecule has 0 spiro atoms. The van der Waals surface area contributed by atoms with Crippen LogP contribution in [0.3, 0.4) is 0 Å². The summed E-state index contributed by atoms with van der Waals surface area (Å²) in [5.41, 5.74) is 4.68. The van der Waals surface area contributed by atoms with Gasteiger partial charge in [-0.05, 0) is 55.0 Å². The molecule has 1 aromatic heterocycles. The lowest BCUT2D eigenvalue weighted by Crippen LogP contribution is -2.48. The lowest BCUT2D eigenvalue weighted by atomic mass is 9.89. The number of aryl methyl sites for hydroxylation is 1. The fourth-order valence-electron chi connectivity index (χ4n) is 4.66. The summed E-state index contributed by atoms with van der Waals surface area (Å²) in [6.07, 6.45) is 9.01. The van der Waals surface area contributed by atoms with Crippen molar-refractivity contribution in [3.8, 4) is 11.5 Å². The van der Waals surface area contributed by atoms with Gasteiger partial charge in [0.2, 0.25) is 5.91 Å². The number of carbonyl (C=O) groups excluding carboxylic acids is 1. The van der Waals surface area contributed by atoms with Crippen molar-refractivity contribution < 1.29 is 14.3 Å². The molecule has 5 rings (SSSR count). The molecule has 1 saturated carbocycles. The van der Waals surface area contributed by atoms with E-state index in [0.29, 0.717) is 11.5 Å². The van der Waals surface area contributed by atoms with Crippen LogP contribution in [-0.2, 0) is 17.6 Å². The number of anilines is 2. The first-order chi connectivity index (χ1) is 16.1. The maximum Gasteiger partial charge on any atom is 0.243 e. The van der Waals surface area contributed by atoms with Gasteiger partial charge in [0.1, 0.15) is 18.2 Å². The Morgan fingerprint density at radius 1 is 1.15 bits per heavy atom. The summed E-state index contributed by atoms with van der Waals surface area (Å²) < 4.78 is 11.8. The number of hydrogen-bond donors (Lipinski definition) is 2. The average molecular weight is 445 g/mol. The van der Waals surface area contributed by atoms with E-state index in [0.717, 1.165) is 48.1 Å². The van der Waals surface area contributed by atoms with Crippen molar-refractivity contribution >= 4 is 28.3 Å². The van der Waals surface area contributed by atoms with Gasteiger partial charge in [0.05, 0.1) is 12.6 Å². The number of methoxy groups -OCH3 is 1. The number of aromatic nitrogens is 2. The Kier molecular flexibility index (Phi) is 5.86. The number of carbonyl (C=O) groups is 1. The highest BCUT2D eigenvalue weighted by molar-refractivity contribution is 5.93. The second kappa shape index (κ2) is 9.10. The number of benzene rings is 2. The zero-order valence-corrected chi connectivity index (χ0v) is 18.8. The van der Waals surface area contributed by atoms with Crippen molar-refractivity contribution in [2.24, 2.45) is 0 Å². The number of nitrogens with zero attached hydrogens (tertiary/aromatic N) is 2. The number of nitrogens with one attached hydrogen (secondary N) is 2. The molecule has 1 fully saturated rings. The van der Waals surface area contributed by atoms with Gasteiger partial charge in [-0.2, -0.15) is 0 Å². The van der Waals surface area contributed by atoms with Gasteiger partial charge in [-0.3, -0.25) is 4.79 Å². The highest BCUT2D eigenvalue weighted by Crippen LogP contribution is 2.38. The largest absolute Gasteiger partial charge is 0.493 e. The number of ether oxygens (including phenoxy) is 2. The Balaban J connectivity index is 1.41. The molecular weight excluding hydrogens is 416 g/mol. The van der Waals surface area contributed by atoms with Crippen LogP contribution in [-0.4, -0.2) is 35.1 Å². The normalized spacial score (nSPS) is 19.2. The summed E-state index contributed by atoms with van der Waals surface area (Å²) in [6, 6.07) is 10.4. The Bertz CT molecular complexity index is 1200. The van der Waals surface area contributed by atoms with Crippen molar-refractivity contribution in [1.29, 1.82) is 0 Å². The van der Waals surface area contributed by atoms with Gasteiger partial charge in [0, 0.05) is 36.0 Å². The predicted octanol–water partition coefficient (Wildman–Crippen LogP) is 4.47. The van der Waals surface area contributed by atoms with E-state index in [-0.39, 0.29) is 18.1 Å². The van der Waals surface area contributed by atoms with Crippen molar-refractivity contribution in [1.82, 2.24) is 15.3 Å². The first-order valence-corrected chi connectivity index (χ1v) is 11.4. The Hall–Kier alpha value is -3.61. The smallest absolute Gasteiger partial charge is 0.243 e. The first-order valence-electron chi connectivity index (χ1n) is 11.4. The minimum Gasteiger partial charge on any atom is -0.493 e. The van der Waals surface area contributed by atoms with Crippen LogP contribution in [0.2, 0.25) is 0 Å². The van der Waals surface area contributed by atoms with Crippen LogP contribution < -0.4 is 20.1 Å². The molecule has 0 aliphatic heterocycles. The lowest BCUT2D eigenvalue weighted by Gasteiger charge is -2.35. The van der Waals surface area contributed by atoms with Crippen LogP contribution in [0.15, 0.2) is 49.3 Å². The summed E-state index contributed by atoms with van der Waals surface area (Å²) in [4.78, 5) is 20.5. The first kappa shape index (κ1) is 21.2. The van der Waals surface area contributed by atoms with Gasteiger partial charge in [0.15, 0.2) is 11.5 Å². The van der Waals surface area contributed by atoms with Crippen LogP contribution in [0.25, 0.3) is 10.9 Å². The molecule has 2 aliphatic carbocycles. The van der Waals surface area contributed by atoms with Gasteiger partial charge < -0.3 is 20.1 Å². The molecular formula is C26H28N4O3. The molecule has 0 unspecified atom stereocenters. The zero-order chi connectivity index (χ0) is 22.8. The molecule has 2 aliphatic rings. The zero-order valence-electron chi connectivity index (χ0n) is 18.8. The predicted molar refractivity (Wildman–Crippen MR) is 128 cm³/mol. The van der Waals surface area contributed by atoms with E-state index in [9.17, 15) is 4.79 Å². The number of hydrogen-bond acceptors (Lipinski definition) is 6. The third-order valence-electron chi connectivity index (χ3n) is 6.49. The molecule has 0 bridgehead atoms. The lowest BCUT2D eigenvalue weighted by molar-refractivity contribution is -0.118. The highest BCUT2D eigenvalue weighted by atomic mass is 16.5. The van der Waals surface area contributed by atoms with Crippen LogP contribution in [0.4, 0.5) is 11.5 Å². The molecule has 33 heavy (non-hydrogen) atoms. The third kappa shape index (κ3) is 4.35. The molecule has 2 aromatic carbocycles. The molecule has 7 heteroatoms. The molecule has 0 atom stereocenters. The van der Waals surface area contributed by atoms with Crippen LogP contribution in [0.1, 0.15) is 36.8 Å². The van der Waals surface area contributed by atoms with E-state index >= 15 is 0 Å². The highest BCUT2D eigenvalue weighted by Gasteiger charge is 2.32.